The Kier molecular flexibility index (Phi) is 2.71. The fraction of sp³-hybridized carbons (Fsp3) is 0.143. The monoisotopic (exact) mass is 237 g/mol. The minimum atomic E-state index is -5.27. The first-order valence-corrected chi connectivity index (χ1v) is 5.10. The second-order valence-corrected chi connectivity index (χ2v) is 4.53. The van der Waals surface area contributed by atoms with Gasteiger partial charge in [0.15, 0.2) is 0 Å². The van der Waals surface area contributed by atoms with E-state index in [4.69, 9.17) is 0 Å². The zero-order valence-electron chi connectivity index (χ0n) is 7.13. The lowest BCUT2D eigenvalue weighted by atomic mass is 10.4. The first kappa shape index (κ1) is 11.5. The average Bonchev–Trinajstić information content (AvgIpc) is 2.18. The van der Waals surface area contributed by atoms with Gasteiger partial charge < -0.3 is 0 Å². The van der Waals surface area contributed by atoms with Crippen LogP contribution in [0.3, 0.4) is 0 Å². The highest BCUT2D eigenvalue weighted by molar-refractivity contribution is 7.92. The molecule has 0 N–H and O–H groups in total. The number of hydrogen-bond donors (Lipinski definition) is 0. The molecule has 0 unspecified atom stereocenters. The molecule has 0 spiro atoms. The summed E-state index contributed by atoms with van der Waals surface area (Å²) in [7, 11) is -5.27. The van der Waals surface area contributed by atoms with Crippen molar-refractivity contribution in [2.75, 3.05) is 0 Å². The average molecular weight is 237 g/mol. The van der Waals surface area contributed by atoms with E-state index in [-0.39, 0.29) is 0 Å². The number of halogens is 2. The minimum absolute atomic E-state index is 0.785. The molecule has 0 aliphatic heterocycles. The van der Waals surface area contributed by atoms with Crippen LogP contribution in [0.1, 0.15) is 0 Å². The maximum atomic E-state index is 12.7. The fourth-order valence-corrected chi connectivity index (χ4v) is 1.83. The molecule has 0 aliphatic carbocycles. The van der Waals surface area contributed by atoms with Crippen LogP contribution >= 0.6 is 0 Å². The molecule has 0 aromatic heterocycles. The van der Waals surface area contributed by atoms with E-state index in [1.165, 1.54) is 18.2 Å². The second-order valence-electron chi connectivity index (χ2n) is 2.56. The van der Waals surface area contributed by atoms with Crippen molar-refractivity contribution in [1.29, 1.82) is 0 Å². The van der Waals surface area contributed by atoms with E-state index in [1.807, 2.05) is 0 Å². The van der Waals surface area contributed by atoms with Crippen LogP contribution in [-0.2, 0) is 9.84 Å². The van der Waals surface area contributed by atoms with Gasteiger partial charge in [0.05, 0.1) is 4.90 Å². The minimum Gasteiger partial charge on any atom is -0.258 e. The lowest BCUT2D eigenvalue weighted by Gasteiger charge is -2.07. The van der Waals surface area contributed by atoms with Crippen LogP contribution < -0.4 is 0 Å². The second kappa shape index (κ2) is 3.54. The van der Waals surface area contributed by atoms with Crippen molar-refractivity contribution in [2.24, 2.45) is 0 Å². The Morgan fingerprint density at radius 1 is 1.20 bits per heavy atom. The molecule has 1 rings (SSSR count). The Bertz CT molecular complexity index is 471. The summed E-state index contributed by atoms with van der Waals surface area (Å²) >= 11 is 0. The van der Waals surface area contributed by atoms with Gasteiger partial charge in [-0.2, -0.15) is 0 Å². The third kappa shape index (κ3) is 1.80. The number of rotatable bonds is 3. The molecule has 8 heteroatoms. The molecule has 0 fully saturated rings. The maximum Gasteiger partial charge on any atom is 0.623 e. The van der Waals surface area contributed by atoms with Crippen LogP contribution in [-0.4, -0.2) is 18.7 Å². The number of hydrogen-bond acceptors (Lipinski definition) is 4. The molecule has 0 bridgehead atoms. The summed E-state index contributed by atoms with van der Waals surface area (Å²) in [5, 5.41) is 4.91. The van der Waals surface area contributed by atoms with E-state index >= 15 is 0 Å². The van der Waals surface area contributed by atoms with Crippen LogP contribution in [0.5, 0.6) is 0 Å². The summed E-state index contributed by atoms with van der Waals surface area (Å²) in [5.41, 5.74) is 0. The van der Waals surface area contributed by atoms with Crippen LogP contribution in [0.15, 0.2) is 35.2 Å². The van der Waals surface area contributed by atoms with Gasteiger partial charge in [0.2, 0.25) is 0 Å². The molecular formula is C7H5F2NO4S. The lowest BCUT2D eigenvalue weighted by molar-refractivity contribution is -0.608. The van der Waals surface area contributed by atoms with Crippen molar-refractivity contribution in [3.63, 3.8) is 0 Å². The van der Waals surface area contributed by atoms with Crippen molar-refractivity contribution in [1.82, 2.24) is 0 Å². The summed E-state index contributed by atoms with van der Waals surface area (Å²) in [6, 6.07) is 5.54. The van der Waals surface area contributed by atoms with E-state index < -0.39 is 25.0 Å². The van der Waals surface area contributed by atoms with Gasteiger partial charge in [0.25, 0.3) is 0 Å². The normalized spacial score (nSPS) is 12.4. The summed E-state index contributed by atoms with van der Waals surface area (Å²) in [6.45, 7) is 0. The SMILES string of the molecule is O=[N+]([O-])C(F)(F)S(=O)(=O)c1ccccc1. The van der Waals surface area contributed by atoms with E-state index in [0.29, 0.717) is 0 Å². The smallest absolute Gasteiger partial charge is 0.258 e. The predicted molar refractivity (Wildman–Crippen MR) is 45.6 cm³/mol. The van der Waals surface area contributed by atoms with Gasteiger partial charge in [-0.05, 0) is 12.1 Å². The lowest BCUT2D eigenvalue weighted by Crippen LogP contribution is -2.37. The molecule has 0 aliphatic rings. The Balaban J connectivity index is 3.33. The van der Waals surface area contributed by atoms with Crippen molar-refractivity contribution in [2.45, 2.75) is 10.3 Å². The molecule has 0 saturated heterocycles. The number of nitro groups is 1. The third-order valence-electron chi connectivity index (χ3n) is 1.59. The molecule has 82 valence electrons. The zero-order chi connectivity index (χ0) is 11.7. The topological polar surface area (TPSA) is 77.3 Å². The van der Waals surface area contributed by atoms with E-state index in [1.54, 1.807) is 0 Å². The highest BCUT2D eigenvalue weighted by Crippen LogP contribution is 2.28. The molecule has 1 aromatic carbocycles. The molecule has 1 aromatic rings. The van der Waals surface area contributed by atoms with Crippen LogP contribution in [0, 0.1) is 10.1 Å². The van der Waals surface area contributed by atoms with Gasteiger partial charge >= 0.3 is 15.2 Å². The molecule has 0 heterocycles. The van der Waals surface area contributed by atoms with E-state index in [0.717, 1.165) is 12.1 Å². The van der Waals surface area contributed by atoms with Gasteiger partial charge in [-0.25, -0.2) is 8.42 Å². The van der Waals surface area contributed by atoms with Gasteiger partial charge in [0.1, 0.15) is 4.92 Å². The standard InChI is InChI=1S/C7H5F2NO4S/c8-7(9,10(11)12)15(13,14)6-4-2-1-3-5-6/h1-5H. The predicted octanol–water partition coefficient (Wildman–Crippen LogP) is 1.29. The van der Waals surface area contributed by atoms with E-state index in [9.17, 15) is 27.3 Å². The Labute approximate surface area is 83.4 Å². The first-order chi connectivity index (χ1) is 6.80. The third-order valence-corrected chi connectivity index (χ3v) is 3.28. The number of sulfone groups is 1. The van der Waals surface area contributed by atoms with Crippen molar-refractivity contribution in [3.8, 4) is 0 Å². The Hall–Kier alpha value is -1.57. The van der Waals surface area contributed by atoms with Crippen LogP contribution in [0.2, 0.25) is 0 Å². The zero-order valence-corrected chi connectivity index (χ0v) is 7.95. The maximum absolute atomic E-state index is 12.7. The Morgan fingerprint density at radius 2 is 1.67 bits per heavy atom. The van der Waals surface area contributed by atoms with Crippen LogP contribution in [0.4, 0.5) is 8.78 Å². The van der Waals surface area contributed by atoms with E-state index in [2.05, 4.69) is 0 Å². The van der Waals surface area contributed by atoms with Crippen molar-refractivity contribution in [3.05, 3.63) is 40.4 Å². The molecule has 0 amide bonds. The molecule has 15 heavy (non-hydrogen) atoms. The van der Waals surface area contributed by atoms with Crippen molar-refractivity contribution >= 4 is 9.84 Å². The molecule has 5 nitrogen and oxygen atoms in total. The number of nitrogens with zero attached hydrogens (tertiary/aromatic N) is 1. The quantitative estimate of drug-likeness (QED) is 0.450. The highest BCUT2D eigenvalue weighted by atomic mass is 32.2. The number of alkyl halides is 2. The summed E-state index contributed by atoms with van der Waals surface area (Å²) in [4.78, 5) is 7.00. The van der Waals surface area contributed by atoms with Crippen molar-refractivity contribution < 1.29 is 22.1 Å². The number of benzene rings is 1. The highest BCUT2D eigenvalue weighted by Gasteiger charge is 2.59. The van der Waals surface area contributed by atoms with Gasteiger partial charge in [-0.15, -0.1) is 8.78 Å². The Morgan fingerprint density at radius 3 is 2.07 bits per heavy atom. The van der Waals surface area contributed by atoms with Gasteiger partial charge in [0, 0.05) is 0 Å². The summed E-state index contributed by atoms with van der Waals surface area (Å²) in [5.74, 6) is 0. The van der Waals surface area contributed by atoms with Gasteiger partial charge in [-0.3, -0.25) is 10.1 Å². The van der Waals surface area contributed by atoms with Gasteiger partial charge in [-0.1, -0.05) is 18.2 Å². The molecule has 0 saturated carbocycles. The molecular weight excluding hydrogens is 232 g/mol. The summed E-state index contributed by atoms with van der Waals surface area (Å²) in [6.07, 6.45) is 0. The van der Waals surface area contributed by atoms with Crippen LogP contribution in [0.25, 0.3) is 0 Å². The summed E-state index contributed by atoms with van der Waals surface area (Å²) < 4.78 is 47.7. The molecule has 0 atom stereocenters. The molecule has 0 radical (unpaired) electrons. The first-order valence-electron chi connectivity index (χ1n) is 3.62. The fourth-order valence-electron chi connectivity index (χ4n) is 0.840. The largest absolute Gasteiger partial charge is 0.623 e.